The van der Waals surface area contributed by atoms with Crippen LogP contribution >= 0.6 is 11.8 Å². The molecule has 3 heteroatoms. The van der Waals surface area contributed by atoms with Gasteiger partial charge in [0.2, 0.25) is 0 Å². The fraction of sp³-hybridized carbons (Fsp3) is 0.500. The molecular formula is C12H18N2S. The van der Waals surface area contributed by atoms with E-state index in [1.807, 2.05) is 11.8 Å². The predicted octanol–water partition coefficient (Wildman–Crippen LogP) is 1.48. The van der Waals surface area contributed by atoms with Gasteiger partial charge in [0.1, 0.15) is 0 Å². The molecule has 0 radical (unpaired) electrons. The zero-order chi connectivity index (χ0) is 10.3. The fourth-order valence-electron chi connectivity index (χ4n) is 1.74. The van der Waals surface area contributed by atoms with Gasteiger partial charge in [-0.15, -0.1) is 0 Å². The average Bonchev–Trinajstić information content (AvgIpc) is 2.32. The van der Waals surface area contributed by atoms with E-state index in [0.717, 1.165) is 19.6 Å². The van der Waals surface area contributed by atoms with Crippen molar-refractivity contribution in [3.63, 3.8) is 0 Å². The van der Waals surface area contributed by atoms with E-state index >= 15 is 0 Å². The van der Waals surface area contributed by atoms with Crippen LogP contribution in [0.25, 0.3) is 0 Å². The Morgan fingerprint density at radius 3 is 2.93 bits per heavy atom. The van der Waals surface area contributed by atoms with Crippen molar-refractivity contribution in [3.8, 4) is 0 Å². The summed E-state index contributed by atoms with van der Waals surface area (Å²) >= 11 is 2.05. The van der Waals surface area contributed by atoms with Crippen molar-refractivity contribution in [2.75, 3.05) is 24.6 Å². The number of benzene rings is 1. The first kappa shape index (κ1) is 11.0. The summed E-state index contributed by atoms with van der Waals surface area (Å²) in [6.07, 6.45) is 0. The van der Waals surface area contributed by atoms with Gasteiger partial charge in [-0.05, 0) is 5.56 Å². The third kappa shape index (κ3) is 3.86. The minimum absolute atomic E-state index is 0.646. The van der Waals surface area contributed by atoms with Crippen molar-refractivity contribution in [2.24, 2.45) is 0 Å². The number of hydrogen-bond donors (Lipinski definition) is 2. The Labute approximate surface area is 95.8 Å². The first-order chi connectivity index (χ1) is 7.45. The molecule has 1 unspecified atom stereocenters. The van der Waals surface area contributed by atoms with E-state index in [1.165, 1.54) is 17.1 Å². The van der Waals surface area contributed by atoms with Crippen LogP contribution in [0.1, 0.15) is 5.56 Å². The van der Waals surface area contributed by atoms with Crippen LogP contribution in [0.3, 0.4) is 0 Å². The van der Waals surface area contributed by atoms with Crippen LogP contribution < -0.4 is 10.6 Å². The molecule has 1 fully saturated rings. The first-order valence-corrected chi connectivity index (χ1v) is 6.66. The Morgan fingerprint density at radius 2 is 2.20 bits per heavy atom. The molecule has 2 N–H and O–H groups in total. The number of nitrogens with one attached hydrogen (secondary N) is 2. The van der Waals surface area contributed by atoms with Crippen LogP contribution in [0, 0.1) is 0 Å². The number of hydrogen-bond acceptors (Lipinski definition) is 3. The fourth-order valence-corrected chi connectivity index (χ4v) is 2.69. The lowest BCUT2D eigenvalue weighted by molar-refractivity contribution is 0.513. The molecule has 0 bridgehead atoms. The SMILES string of the molecule is c1ccc(CNCC2CSCCN2)cc1. The van der Waals surface area contributed by atoms with Gasteiger partial charge in [0, 0.05) is 37.2 Å². The van der Waals surface area contributed by atoms with Crippen LogP contribution in [-0.2, 0) is 6.54 Å². The van der Waals surface area contributed by atoms with E-state index in [2.05, 4.69) is 41.0 Å². The lowest BCUT2D eigenvalue weighted by Gasteiger charge is -2.23. The molecule has 0 spiro atoms. The molecule has 0 aliphatic carbocycles. The van der Waals surface area contributed by atoms with Crippen LogP contribution in [0.2, 0.25) is 0 Å². The maximum absolute atomic E-state index is 3.52. The first-order valence-electron chi connectivity index (χ1n) is 5.51. The van der Waals surface area contributed by atoms with E-state index in [4.69, 9.17) is 0 Å². The highest BCUT2D eigenvalue weighted by Gasteiger charge is 2.11. The molecule has 0 amide bonds. The second kappa shape index (κ2) is 6.16. The smallest absolute Gasteiger partial charge is 0.0283 e. The minimum atomic E-state index is 0.646. The van der Waals surface area contributed by atoms with Gasteiger partial charge in [0.15, 0.2) is 0 Å². The van der Waals surface area contributed by atoms with Gasteiger partial charge in [-0.3, -0.25) is 0 Å². The molecule has 0 aromatic heterocycles. The average molecular weight is 222 g/mol. The van der Waals surface area contributed by atoms with Crippen LogP contribution in [0.4, 0.5) is 0 Å². The molecule has 82 valence electrons. The Morgan fingerprint density at radius 1 is 1.33 bits per heavy atom. The Bertz CT molecular complexity index is 270. The summed E-state index contributed by atoms with van der Waals surface area (Å²) in [5, 5.41) is 7.02. The molecule has 1 heterocycles. The van der Waals surface area contributed by atoms with Gasteiger partial charge in [-0.2, -0.15) is 11.8 Å². The maximum atomic E-state index is 3.52. The second-order valence-corrected chi connectivity index (χ2v) is 4.99. The highest BCUT2D eigenvalue weighted by molar-refractivity contribution is 7.99. The van der Waals surface area contributed by atoms with Crippen molar-refractivity contribution in [3.05, 3.63) is 35.9 Å². The molecule has 1 aromatic carbocycles. The molecule has 2 nitrogen and oxygen atoms in total. The van der Waals surface area contributed by atoms with Gasteiger partial charge < -0.3 is 10.6 Å². The van der Waals surface area contributed by atoms with E-state index in [1.54, 1.807) is 0 Å². The van der Waals surface area contributed by atoms with Gasteiger partial charge in [-0.25, -0.2) is 0 Å². The summed E-state index contributed by atoms with van der Waals surface area (Å²) in [5.74, 6) is 2.50. The highest BCUT2D eigenvalue weighted by Crippen LogP contribution is 2.06. The second-order valence-electron chi connectivity index (χ2n) is 3.84. The molecule has 1 saturated heterocycles. The molecule has 2 rings (SSSR count). The summed E-state index contributed by atoms with van der Waals surface area (Å²) in [6, 6.07) is 11.2. The molecule has 15 heavy (non-hydrogen) atoms. The summed E-state index contributed by atoms with van der Waals surface area (Å²) < 4.78 is 0. The molecule has 1 aliphatic rings. The molecule has 1 aromatic rings. The van der Waals surface area contributed by atoms with Gasteiger partial charge in [-0.1, -0.05) is 30.3 Å². The van der Waals surface area contributed by atoms with Crippen molar-refractivity contribution in [1.82, 2.24) is 10.6 Å². The maximum Gasteiger partial charge on any atom is 0.0283 e. The van der Waals surface area contributed by atoms with Gasteiger partial charge >= 0.3 is 0 Å². The summed E-state index contributed by atoms with van der Waals surface area (Å²) in [7, 11) is 0. The minimum Gasteiger partial charge on any atom is -0.311 e. The van der Waals surface area contributed by atoms with E-state index in [0.29, 0.717) is 6.04 Å². The van der Waals surface area contributed by atoms with Crippen molar-refractivity contribution < 1.29 is 0 Å². The number of rotatable bonds is 4. The summed E-state index contributed by atoms with van der Waals surface area (Å²) in [6.45, 7) is 3.20. The molecular weight excluding hydrogens is 204 g/mol. The monoisotopic (exact) mass is 222 g/mol. The molecule has 1 atom stereocenters. The van der Waals surface area contributed by atoms with Crippen LogP contribution in [0.15, 0.2) is 30.3 Å². The zero-order valence-electron chi connectivity index (χ0n) is 8.91. The van der Waals surface area contributed by atoms with Crippen LogP contribution in [0.5, 0.6) is 0 Å². The van der Waals surface area contributed by atoms with E-state index in [-0.39, 0.29) is 0 Å². The topological polar surface area (TPSA) is 24.1 Å². The Kier molecular flexibility index (Phi) is 4.51. The lowest BCUT2D eigenvalue weighted by atomic mass is 10.2. The normalized spacial score (nSPS) is 21.5. The predicted molar refractivity (Wildman–Crippen MR) is 67.3 cm³/mol. The van der Waals surface area contributed by atoms with Gasteiger partial charge in [0.25, 0.3) is 0 Å². The third-order valence-electron chi connectivity index (χ3n) is 2.56. The Balaban J connectivity index is 1.66. The summed E-state index contributed by atoms with van der Waals surface area (Å²) in [5.41, 5.74) is 1.36. The lowest BCUT2D eigenvalue weighted by Crippen LogP contribution is -2.44. The van der Waals surface area contributed by atoms with E-state index in [9.17, 15) is 0 Å². The number of thioether (sulfide) groups is 1. The van der Waals surface area contributed by atoms with Crippen molar-refractivity contribution in [2.45, 2.75) is 12.6 Å². The molecule has 1 aliphatic heterocycles. The van der Waals surface area contributed by atoms with E-state index < -0.39 is 0 Å². The zero-order valence-corrected chi connectivity index (χ0v) is 9.72. The Hall–Kier alpha value is -0.510. The molecule has 0 saturated carbocycles. The summed E-state index contributed by atoms with van der Waals surface area (Å²) in [4.78, 5) is 0. The van der Waals surface area contributed by atoms with Crippen molar-refractivity contribution in [1.29, 1.82) is 0 Å². The largest absolute Gasteiger partial charge is 0.311 e. The third-order valence-corrected chi connectivity index (χ3v) is 3.69. The standard InChI is InChI=1S/C12H18N2S/c1-2-4-11(5-3-1)8-13-9-12-10-15-7-6-14-12/h1-5,12-14H,6-10H2. The van der Waals surface area contributed by atoms with Gasteiger partial charge in [0.05, 0.1) is 0 Å². The highest BCUT2D eigenvalue weighted by atomic mass is 32.2. The van der Waals surface area contributed by atoms with Crippen molar-refractivity contribution >= 4 is 11.8 Å². The van der Waals surface area contributed by atoms with Crippen LogP contribution in [-0.4, -0.2) is 30.6 Å². The quantitative estimate of drug-likeness (QED) is 0.807.